The standard InChI is InChI=1S/C18H21NO2/c1-2-3-5-8-15-11-13-16(14-12-15)18(20)21-19-17-9-6-4-7-10-17/h4,6-7,9-14,19H,2-3,5,8H2,1H3. The Kier molecular flexibility index (Phi) is 5.83. The molecule has 3 nitrogen and oxygen atoms in total. The van der Waals surface area contributed by atoms with Gasteiger partial charge in [-0.1, -0.05) is 50.1 Å². The molecule has 0 aliphatic rings. The molecule has 3 heteroatoms. The average molecular weight is 283 g/mol. The number of unbranched alkanes of at least 4 members (excludes halogenated alkanes) is 2. The van der Waals surface area contributed by atoms with E-state index in [9.17, 15) is 4.79 Å². The van der Waals surface area contributed by atoms with Crippen LogP contribution in [0.25, 0.3) is 0 Å². The van der Waals surface area contributed by atoms with Gasteiger partial charge in [-0.2, -0.15) is 0 Å². The van der Waals surface area contributed by atoms with Crippen molar-refractivity contribution in [2.75, 3.05) is 5.48 Å². The van der Waals surface area contributed by atoms with Crippen molar-refractivity contribution >= 4 is 11.7 Å². The average Bonchev–Trinajstić information content (AvgIpc) is 2.54. The van der Waals surface area contributed by atoms with Crippen molar-refractivity contribution in [2.45, 2.75) is 32.6 Å². The Hall–Kier alpha value is -2.29. The third-order valence-corrected chi connectivity index (χ3v) is 3.29. The summed E-state index contributed by atoms with van der Waals surface area (Å²) in [5, 5.41) is 0. The molecule has 0 bridgehead atoms. The molecule has 0 spiro atoms. The molecular formula is C18H21NO2. The third kappa shape index (κ3) is 4.95. The van der Waals surface area contributed by atoms with E-state index < -0.39 is 0 Å². The molecule has 0 amide bonds. The van der Waals surface area contributed by atoms with Gasteiger partial charge < -0.3 is 4.84 Å². The van der Waals surface area contributed by atoms with Gasteiger partial charge in [0, 0.05) is 0 Å². The van der Waals surface area contributed by atoms with Crippen LogP contribution in [0.4, 0.5) is 5.69 Å². The van der Waals surface area contributed by atoms with Crippen molar-refractivity contribution in [3.8, 4) is 0 Å². The van der Waals surface area contributed by atoms with Gasteiger partial charge in [0.05, 0.1) is 11.3 Å². The number of para-hydroxylation sites is 1. The van der Waals surface area contributed by atoms with Gasteiger partial charge >= 0.3 is 5.97 Å². The molecule has 0 aromatic heterocycles. The maximum atomic E-state index is 11.9. The molecule has 0 radical (unpaired) electrons. The molecule has 0 unspecified atom stereocenters. The molecular weight excluding hydrogens is 262 g/mol. The van der Waals surface area contributed by atoms with Crippen molar-refractivity contribution in [1.82, 2.24) is 0 Å². The number of carbonyl (C=O) groups excluding carboxylic acids is 1. The highest BCUT2D eigenvalue weighted by atomic mass is 16.7. The summed E-state index contributed by atoms with van der Waals surface area (Å²) in [6.45, 7) is 2.19. The predicted molar refractivity (Wildman–Crippen MR) is 85.2 cm³/mol. The van der Waals surface area contributed by atoms with Crippen LogP contribution in [-0.4, -0.2) is 5.97 Å². The van der Waals surface area contributed by atoms with Gasteiger partial charge in [-0.3, -0.25) is 0 Å². The lowest BCUT2D eigenvalue weighted by Crippen LogP contribution is -2.10. The summed E-state index contributed by atoms with van der Waals surface area (Å²) in [7, 11) is 0. The van der Waals surface area contributed by atoms with Crippen LogP contribution in [-0.2, 0) is 11.3 Å². The van der Waals surface area contributed by atoms with E-state index in [1.807, 2.05) is 54.6 Å². The summed E-state index contributed by atoms with van der Waals surface area (Å²) < 4.78 is 0. The monoisotopic (exact) mass is 283 g/mol. The molecule has 1 N–H and O–H groups in total. The third-order valence-electron chi connectivity index (χ3n) is 3.29. The quantitative estimate of drug-likeness (QED) is 0.596. The SMILES string of the molecule is CCCCCc1ccc(C(=O)ONc2ccccc2)cc1. The largest absolute Gasteiger partial charge is 0.362 e. The molecule has 0 saturated carbocycles. The topological polar surface area (TPSA) is 38.3 Å². The highest BCUT2D eigenvalue weighted by molar-refractivity contribution is 5.89. The molecule has 110 valence electrons. The number of aryl methyl sites for hydroxylation is 1. The lowest BCUT2D eigenvalue weighted by molar-refractivity contribution is 0.0596. The van der Waals surface area contributed by atoms with Crippen LogP contribution < -0.4 is 5.48 Å². The molecule has 2 aromatic rings. The minimum atomic E-state index is -0.376. The van der Waals surface area contributed by atoms with Crippen molar-refractivity contribution in [2.24, 2.45) is 0 Å². The van der Waals surface area contributed by atoms with Crippen LogP contribution in [0.15, 0.2) is 54.6 Å². The van der Waals surface area contributed by atoms with E-state index in [0.29, 0.717) is 5.56 Å². The first-order valence-electron chi connectivity index (χ1n) is 7.41. The minimum absolute atomic E-state index is 0.376. The minimum Gasteiger partial charge on any atom is -0.338 e. The maximum absolute atomic E-state index is 11.9. The lowest BCUT2D eigenvalue weighted by atomic mass is 10.1. The van der Waals surface area contributed by atoms with Crippen LogP contribution in [0.2, 0.25) is 0 Å². The van der Waals surface area contributed by atoms with Crippen molar-refractivity contribution in [3.05, 3.63) is 65.7 Å². The maximum Gasteiger partial charge on any atom is 0.362 e. The Morgan fingerprint density at radius 1 is 1.00 bits per heavy atom. The Morgan fingerprint density at radius 2 is 1.71 bits per heavy atom. The van der Waals surface area contributed by atoms with E-state index in [1.165, 1.54) is 24.8 Å². The van der Waals surface area contributed by atoms with Crippen molar-refractivity contribution < 1.29 is 9.63 Å². The number of benzene rings is 2. The molecule has 0 aliphatic heterocycles. The van der Waals surface area contributed by atoms with E-state index >= 15 is 0 Å². The fourth-order valence-corrected chi connectivity index (χ4v) is 2.06. The summed E-state index contributed by atoms with van der Waals surface area (Å²) in [5.41, 5.74) is 5.22. The van der Waals surface area contributed by atoms with Gasteiger partial charge in [-0.05, 0) is 42.7 Å². The van der Waals surface area contributed by atoms with Crippen LogP contribution in [0, 0.1) is 0 Å². The van der Waals surface area contributed by atoms with Crippen LogP contribution in [0.3, 0.4) is 0 Å². The zero-order valence-corrected chi connectivity index (χ0v) is 12.3. The van der Waals surface area contributed by atoms with E-state index in [-0.39, 0.29) is 5.97 Å². The fourth-order valence-electron chi connectivity index (χ4n) is 2.06. The molecule has 0 heterocycles. The summed E-state index contributed by atoms with van der Waals surface area (Å²) in [4.78, 5) is 17.0. The van der Waals surface area contributed by atoms with Crippen LogP contribution in [0.1, 0.15) is 42.1 Å². The Morgan fingerprint density at radius 3 is 2.38 bits per heavy atom. The van der Waals surface area contributed by atoms with E-state index in [2.05, 4.69) is 12.4 Å². The van der Waals surface area contributed by atoms with Gasteiger partial charge in [0.1, 0.15) is 0 Å². The molecule has 0 saturated heterocycles. The second-order valence-corrected chi connectivity index (χ2v) is 5.01. The zero-order valence-electron chi connectivity index (χ0n) is 12.3. The Bertz CT molecular complexity index is 549. The van der Waals surface area contributed by atoms with Crippen LogP contribution >= 0.6 is 0 Å². The molecule has 0 aliphatic carbocycles. The molecule has 2 aromatic carbocycles. The zero-order chi connectivity index (χ0) is 14.9. The number of nitrogens with one attached hydrogen (secondary N) is 1. The molecule has 0 fully saturated rings. The second-order valence-electron chi connectivity index (χ2n) is 5.01. The summed E-state index contributed by atoms with van der Waals surface area (Å²) >= 11 is 0. The first kappa shape index (κ1) is 15.1. The Balaban J connectivity index is 1.85. The van der Waals surface area contributed by atoms with Crippen LogP contribution in [0.5, 0.6) is 0 Å². The molecule has 2 rings (SSSR count). The number of hydrogen-bond donors (Lipinski definition) is 1. The van der Waals surface area contributed by atoms with Crippen molar-refractivity contribution in [1.29, 1.82) is 0 Å². The highest BCUT2D eigenvalue weighted by Gasteiger charge is 2.07. The lowest BCUT2D eigenvalue weighted by Gasteiger charge is -2.07. The Labute approximate surface area is 125 Å². The van der Waals surface area contributed by atoms with Gasteiger partial charge in [0.2, 0.25) is 0 Å². The molecule has 21 heavy (non-hydrogen) atoms. The summed E-state index contributed by atoms with van der Waals surface area (Å²) in [6.07, 6.45) is 4.71. The number of carbonyl (C=O) groups is 1. The molecule has 0 atom stereocenters. The van der Waals surface area contributed by atoms with E-state index in [1.54, 1.807) is 0 Å². The van der Waals surface area contributed by atoms with E-state index in [4.69, 9.17) is 4.84 Å². The normalized spacial score (nSPS) is 10.1. The van der Waals surface area contributed by atoms with Crippen molar-refractivity contribution in [3.63, 3.8) is 0 Å². The fraction of sp³-hybridized carbons (Fsp3) is 0.278. The summed E-state index contributed by atoms with van der Waals surface area (Å²) in [5.74, 6) is -0.376. The van der Waals surface area contributed by atoms with Gasteiger partial charge in [-0.25, -0.2) is 10.3 Å². The van der Waals surface area contributed by atoms with E-state index in [0.717, 1.165) is 12.1 Å². The smallest absolute Gasteiger partial charge is 0.338 e. The second kappa shape index (κ2) is 8.10. The first-order chi connectivity index (χ1) is 10.3. The predicted octanol–water partition coefficient (Wildman–Crippen LogP) is 4.60. The number of anilines is 1. The first-order valence-corrected chi connectivity index (χ1v) is 7.41. The number of hydrogen-bond acceptors (Lipinski definition) is 3. The van der Waals surface area contributed by atoms with Gasteiger partial charge in [-0.15, -0.1) is 0 Å². The highest BCUT2D eigenvalue weighted by Crippen LogP contribution is 2.11. The van der Waals surface area contributed by atoms with Gasteiger partial charge in [0.25, 0.3) is 0 Å². The van der Waals surface area contributed by atoms with Gasteiger partial charge in [0.15, 0.2) is 0 Å². The summed E-state index contributed by atoms with van der Waals surface area (Å²) in [6, 6.07) is 17.0. The number of rotatable bonds is 7.